The van der Waals surface area contributed by atoms with E-state index < -0.39 is 33.3 Å². The summed E-state index contributed by atoms with van der Waals surface area (Å²) < 4.78 is 35.4. The van der Waals surface area contributed by atoms with E-state index in [4.69, 9.17) is 23.2 Å². The molecule has 0 saturated carbocycles. The highest BCUT2D eigenvalue weighted by Crippen LogP contribution is 2.12. The van der Waals surface area contributed by atoms with Crippen LogP contribution in [0.4, 0.5) is 4.39 Å². The number of hydrogen-bond acceptors (Lipinski definition) is 3. The second-order valence-electron chi connectivity index (χ2n) is 4.28. The largest absolute Gasteiger partial charge is 0.348 e. The molecule has 112 valence electrons. The first-order chi connectivity index (χ1) is 9.24. The Hall–Kier alpha value is -0.850. The zero-order chi connectivity index (χ0) is 15.3. The van der Waals surface area contributed by atoms with Crippen LogP contribution in [-0.2, 0) is 21.1 Å². The number of halogens is 3. The minimum Gasteiger partial charge on any atom is -0.348 e. The fraction of sp³-hybridized carbons (Fsp3) is 0.417. The standard InChI is InChI=1S/C12H14Cl2FNO3S/c1-20(18,19)10-4-2-8(3-5-10)6-9(7-15)16-12(17)11(13)14/h2-5,9,11H,6-7H2,1H3,(H,16,17). The summed E-state index contributed by atoms with van der Waals surface area (Å²) in [6.07, 6.45) is 1.32. The summed E-state index contributed by atoms with van der Waals surface area (Å²) in [6, 6.07) is 5.27. The van der Waals surface area contributed by atoms with Crippen LogP contribution in [-0.4, -0.2) is 38.1 Å². The normalized spacial score (nSPS) is 13.2. The lowest BCUT2D eigenvalue weighted by Crippen LogP contribution is -2.40. The zero-order valence-corrected chi connectivity index (χ0v) is 13.0. The molecule has 4 nitrogen and oxygen atoms in total. The minimum absolute atomic E-state index is 0.184. The summed E-state index contributed by atoms with van der Waals surface area (Å²) in [7, 11) is -3.26. The maximum absolute atomic E-state index is 12.8. The third-order valence-electron chi connectivity index (χ3n) is 2.56. The number of sulfone groups is 1. The van der Waals surface area contributed by atoms with Crippen LogP contribution >= 0.6 is 23.2 Å². The Kier molecular flexibility index (Phi) is 6.23. The van der Waals surface area contributed by atoms with Crippen molar-refractivity contribution in [2.45, 2.75) is 22.2 Å². The van der Waals surface area contributed by atoms with Gasteiger partial charge in [-0.2, -0.15) is 0 Å². The van der Waals surface area contributed by atoms with Crippen LogP contribution in [0.5, 0.6) is 0 Å². The van der Waals surface area contributed by atoms with Crippen molar-refractivity contribution in [2.75, 3.05) is 12.9 Å². The summed E-state index contributed by atoms with van der Waals surface area (Å²) in [5, 5.41) is 2.36. The van der Waals surface area contributed by atoms with E-state index in [2.05, 4.69) is 5.32 Å². The molecule has 0 aliphatic rings. The van der Waals surface area contributed by atoms with Gasteiger partial charge in [-0.3, -0.25) is 4.79 Å². The van der Waals surface area contributed by atoms with Gasteiger partial charge in [-0.15, -0.1) is 0 Å². The molecule has 0 saturated heterocycles. The molecule has 0 radical (unpaired) electrons. The van der Waals surface area contributed by atoms with Gasteiger partial charge in [-0.05, 0) is 24.1 Å². The third-order valence-corrected chi connectivity index (χ3v) is 4.09. The predicted molar refractivity (Wildman–Crippen MR) is 76.7 cm³/mol. The Morgan fingerprint density at radius 3 is 2.25 bits per heavy atom. The van der Waals surface area contributed by atoms with E-state index in [9.17, 15) is 17.6 Å². The van der Waals surface area contributed by atoms with E-state index in [1.807, 2.05) is 0 Å². The van der Waals surface area contributed by atoms with Gasteiger partial charge in [0, 0.05) is 6.26 Å². The molecule has 1 aromatic carbocycles. The fourth-order valence-corrected chi connectivity index (χ4v) is 2.32. The molecule has 0 aliphatic carbocycles. The SMILES string of the molecule is CS(=O)(=O)c1ccc(CC(CF)NC(=O)C(Cl)Cl)cc1. The molecular weight excluding hydrogens is 328 g/mol. The number of carbonyl (C=O) groups is 1. The molecule has 1 rings (SSSR count). The lowest BCUT2D eigenvalue weighted by Gasteiger charge is -2.16. The van der Waals surface area contributed by atoms with Crippen LogP contribution in [0.25, 0.3) is 0 Å². The van der Waals surface area contributed by atoms with Crippen LogP contribution < -0.4 is 5.32 Å². The molecule has 1 N–H and O–H groups in total. The Bertz CT molecular complexity index is 561. The summed E-state index contributed by atoms with van der Waals surface area (Å²) in [6.45, 7) is -0.778. The molecule has 0 heterocycles. The van der Waals surface area contributed by atoms with Crippen LogP contribution in [0, 0.1) is 0 Å². The monoisotopic (exact) mass is 341 g/mol. The van der Waals surface area contributed by atoms with Crippen molar-refractivity contribution in [3.63, 3.8) is 0 Å². The predicted octanol–water partition coefficient (Wildman–Crippen LogP) is 1.89. The number of benzene rings is 1. The molecule has 0 bridgehead atoms. The van der Waals surface area contributed by atoms with E-state index in [-0.39, 0.29) is 11.3 Å². The van der Waals surface area contributed by atoms with Crippen molar-refractivity contribution in [1.29, 1.82) is 0 Å². The number of alkyl halides is 3. The van der Waals surface area contributed by atoms with Crippen molar-refractivity contribution in [1.82, 2.24) is 5.32 Å². The molecule has 1 atom stereocenters. The van der Waals surface area contributed by atoms with Crippen molar-refractivity contribution in [3.05, 3.63) is 29.8 Å². The van der Waals surface area contributed by atoms with Gasteiger partial charge in [0.25, 0.3) is 5.91 Å². The lowest BCUT2D eigenvalue weighted by molar-refractivity contribution is -0.120. The molecule has 20 heavy (non-hydrogen) atoms. The quantitative estimate of drug-likeness (QED) is 0.803. The summed E-state index contributed by atoms with van der Waals surface area (Å²) in [4.78, 5) is 10.2. The highest BCUT2D eigenvalue weighted by Gasteiger charge is 2.17. The number of rotatable bonds is 6. The summed E-state index contributed by atoms with van der Waals surface area (Å²) in [5.41, 5.74) is 0.695. The van der Waals surface area contributed by atoms with Crippen LogP contribution in [0.15, 0.2) is 29.2 Å². The molecule has 1 aromatic rings. The lowest BCUT2D eigenvalue weighted by atomic mass is 10.1. The maximum Gasteiger partial charge on any atom is 0.253 e. The van der Waals surface area contributed by atoms with Gasteiger partial charge in [-0.1, -0.05) is 35.3 Å². The van der Waals surface area contributed by atoms with Gasteiger partial charge in [0.15, 0.2) is 14.7 Å². The van der Waals surface area contributed by atoms with Crippen molar-refractivity contribution >= 4 is 38.9 Å². The Morgan fingerprint density at radius 2 is 1.85 bits per heavy atom. The van der Waals surface area contributed by atoms with Crippen LogP contribution in [0.2, 0.25) is 0 Å². The van der Waals surface area contributed by atoms with E-state index in [0.717, 1.165) is 6.26 Å². The molecule has 0 spiro atoms. The number of hydrogen-bond donors (Lipinski definition) is 1. The summed E-state index contributed by atoms with van der Waals surface area (Å²) in [5.74, 6) is -0.663. The van der Waals surface area contributed by atoms with Crippen molar-refractivity contribution in [3.8, 4) is 0 Å². The smallest absolute Gasteiger partial charge is 0.253 e. The van der Waals surface area contributed by atoms with Gasteiger partial charge in [0.2, 0.25) is 0 Å². The van der Waals surface area contributed by atoms with Gasteiger partial charge in [-0.25, -0.2) is 12.8 Å². The molecule has 1 unspecified atom stereocenters. The second kappa shape index (κ2) is 7.24. The molecule has 0 fully saturated rings. The first-order valence-electron chi connectivity index (χ1n) is 5.67. The average molecular weight is 342 g/mol. The number of nitrogens with one attached hydrogen (secondary N) is 1. The molecule has 0 aliphatic heterocycles. The Balaban J connectivity index is 2.74. The minimum atomic E-state index is -3.26. The van der Waals surface area contributed by atoms with E-state index in [0.29, 0.717) is 5.56 Å². The van der Waals surface area contributed by atoms with Crippen molar-refractivity contribution in [2.24, 2.45) is 0 Å². The maximum atomic E-state index is 12.8. The third kappa shape index (κ3) is 5.26. The van der Waals surface area contributed by atoms with Gasteiger partial charge in [0.05, 0.1) is 10.9 Å². The average Bonchev–Trinajstić information content (AvgIpc) is 2.37. The molecular formula is C12H14Cl2FNO3S. The second-order valence-corrected chi connectivity index (χ2v) is 7.39. The Labute approximate surface area is 127 Å². The van der Waals surface area contributed by atoms with Gasteiger partial charge >= 0.3 is 0 Å². The number of amides is 1. The Morgan fingerprint density at radius 1 is 1.30 bits per heavy atom. The van der Waals surface area contributed by atoms with Gasteiger partial charge < -0.3 is 5.32 Å². The van der Waals surface area contributed by atoms with E-state index >= 15 is 0 Å². The van der Waals surface area contributed by atoms with Crippen molar-refractivity contribution < 1.29 is 17.6 Å². The zero-order valence-electron chi connectivity index (χ0n) is 10.6. The number of carbonyl (C=O) groups excluding carboxylic acids is 1. The van der Waals surface area contributed by atoms with Crippen LogP contribution in [0.1, 0.15) is 5.56 Å². The fourth-order valence-electron chi connectivity index (χ4n) is 1.57. The molecule has 8 heteroatoms. The van der Waals surface area contributed by atoms with Gasteiger partial charge in [0.1, 0.15) is 6.67 Å². The first-order valence-corrected chi connectivity index (χ1v) is 8.44. The van der Waals surface area contributed by atoms with E-state index in [1.54, 1.807) is 12.1 Å². The highest BCUT2D eigenvalue weighted by molar-refractivity contribution is 7.90. The molecule has 1 amide bonds. The first kappa shape index (κ1) is 17.2. The van der Waals surface area contributed by atoms with E-state index in [1.165, 1.54) is 12.1 Å². The highest BCUT2D eigenvalue weighted by atomic mass is 35.5. The molecule has 0 aromatic heterocycles. The van der Waals surface area contributed by atoms with Crippen LogP contribution in [0.3, 0.4) is 0 Å². The topological polar surface area (TPSA) is 63.2 Å². The summed E-state index contributed by atoms with van der Waals surface area (Å²) >= 11 is 10.7.